The van der Waals surface area contributed by atoms with Crippen molar-refractivity contribution in [2.75, 3.05) is 0 Å². The number of hydrogen-bond donors (Lipinski definition) is 1. The molecule has 1 unspecified atom stereocenters. The van der Waals surface area contributed by atoms with Crippen molar-refractivity contribution < 1.29 is 4.39 Å². The Labute approximate surface area is 110 Å². The molecule has 1 aliphatic rings. The monoisotopic (exact) mass is 249 g/mol. The molecular weight excluding hydrogens is 225 g/mol. The van der Waals surface area contributed by atoms with Crippen LogP contribution in [0.4, 0.5) is 4.39 Å². The van der Waals surface area contributed by atoms with Crippen molar-refractivity contribution in [1.29, 1.82) is 0 Å². The maximum Gasteiger partial charge on any atom is 0.123 e. The predicted octanol–water partition coefficient (Wildman–Crippen LogP) is 4.45. The summed E-state index contributed by atoms with van der Waals surface area (Å²) in [6.45, 7) is 4.39. The zero-order chi connectivity index (χ0) is 13.0. The molecule has 0 saturated heterocycles. The first-order valence-electron chi connectivity index (χ1n) is 7.18. The lowest BCUT2D eigenvalue weighted by Crippen LogP contribution is -2.36. The van der Waals surface area contributed by atoms with Crippen LogP contribution in [0.5, 0.6) is 0 Å². The average Bonchev–Trinajstić information content (AvgIpc) is 2.39. The van der Waals surface area contributed by atoms with E-state index in [4.69, 9.17) is 0 Å². The fourth-order valence-electron chi connectivity index (χ4n) is 3.04. The molecule has 1 saturated carbocycles. The normalized spacial score (nSPS) is 20.6. The Kier molecular flexibility index (Phi) is 4.76. The van der Waals surface area contributed by atoms with Gasteiger partial charge in [0.05, 0.1) is 0 Å². The third kappa shape index (κ3) is 3.55. The molecule has 1 fully saturated rings. The molecule has 1 N–H and O–H groups in total. The highest BCUT2D eigenvalue weighted by molar-refractivity contribution is 5.19. The topological polar surface area (TPSA) is 12.0 Å². The molecule has 1 nitrogen and oxygen atoms in total. The van der Waals surface area contributed by atoms with Gasteiger partial charge < -0.3 is 5.32 Å². The summed E-state index contributed by atoms with van der Waals surface area (Å²) in [5.74, 6) is 0.640. The van der Waals surface area contributed by atoms with Crippen molar-refractivity contribution >= 4 is 0 Å². The molecule has 0 spiro atoms. The van der Waals surface area contributed by atoms with Crippen LogP contribution in [0.2, 0.25) is 0 Å². The van der Waals surface area contributed by atoms with Crippen LogP contribution in [0, 0.1) is 11.7 Å². The predicted molar refractivity (Wildman–Crippen MR) is 74.0 cm³/mol. The van der Waals surface area contributed by atoms with Gasteiger partial charge in [-0.1, -0.05) is 31.4 Å². The van der Waals surface area contributed by atoms with E-state index in [0.717, 1.165) is 11.5 Å². The van der Waals surface area contributed by atoms with E-state index in [1.807, 2.05) is 6.07 Å². The Hall–Kier alpha value is -0.890. The van der Waals surface area contributed by atoms with Gasteiger partial charge >= 0.3 is 0 Å². The van der Waals surface area contributed by atoms with Gasteiger partial charge in [0.25, 0.3) is 0 Å². The number of benzene rings is 1. The molecule has 100 valence electrons. The van der Waals surface area contributed by atoms with Gasteiger partial charge in [0.1, 0.15) is 5.82 Å². The summed E-state index contributed by atoms with van der Waals surface area (Å²) in [5, 5.41) is 3.63. The zero-order valence-electron chi connectivity index (χ0n) is 11.5. The average molecular weight is 249 g/mol. The van der Waals surface area contributed by atoms with Crippen molar-refractivity contribution in [2.45, 2.75) is 58.0 Å². The highest BCUT2D eigenvalue weighted by Crippen LogP contribution is 2.27. The van der Waals surface area contributed by atoms with Gasteiger partial charge in [-0.3, -0.25) is 0 Å². The van der Waals surface area contributed by atoms with E-state index in [1.165, 1.54) is 38.2 Å². The van der Waals surface area contributed by atoms with E-state index in [0.29, 0.717) is 6.04 Å². The van der Waals surface area contributed by atoms with Crippen molar-refractivity contribution in [3.63, 3.8) is 0 Å². The first kappa shape index (κ1) is 13.5. The second-order valence-electron chi connectivity index (χ2n) is 5.63. The molecule has 2 rings (SSSR count). The minimum Gasteiger partial charge on any atom is -0.307 e. The molecule has 0 radical (unpaired) electrons. The highest BCUT2D eigenvalue weighted by atomic mass is 19.1. The standard InChI is InChI=1S/C16H24FN/c1-12(14-7-4-3-5-8-14)18-13(2)15-9-6-10-16(17)11-15/h6,9-14,18H,3-5,7-8H2,1-2H3/t12?,13-/m1/s1. The first-order chi connectivity index (χ1) is 8.66. The molecule has 2 atom stereocenters. The fraction of sp³-hybridized carbons (Fsp3) is 0.625. The van der Waals surface area contributed by atoms with E-state index in [9.17, 15) is 4.39 Å². The van der Waals surface area contributed by atoms with Gasteiger partial charge in [-0.25, -0.2) is 4.39 Å². The highest BCUT2D eigenvalue weighted by Gasteiger charge is 2.21. The van der Waals surface area contributed by atoms with Gasteiger partial charge in [0, 0.05) is 12.1 Å². The molecule has 1 aromatic carbocycles. The molecule has 2 heteroatoms. The molecule has 1 aromatic rings. The van der Waals surface area contributed by atoms with Crippen LogP contribution >= 0.6 is 0 Å². The van der Waals surface area contributed by atoms with Crippen molar-refractivity contribution in [2.24, 2.45) is 5.92 Å². The van der Waals surface area contributed by atoms with Gasteiger partial charge in [-0.05, 0) is 50.3 Å². The molecule has 1 aliphatic carbocycles. The quantitative estimate of drug-likeness (QED) is 0.831. The van der Waals surface area contributed by atoms with E-state index in [1.54, 1.807) is 12.1 Å². The smallest absolute Gasteiger partial charge is 0.123 e. The maximum absolute atomic E-state index is 13.2. The fourth-order valence-corrected chi connectivity index (χ4v) is 3.04. The van der Waals surface area contributed by atoms with Crippen LogP contribution in [0.3, 0.4) is 0 Å². The number of nitrogens with one attached hydrogen (secondary N) is 1. The Bertz CT molecular complexity index is 371. The minimum absolute atomic E-state index is 0.147. The van der Waals surface area contributed by atoms with E-state index < -0.39 is 0 Å². The van der Waals surface area contributed by atoms with Gasteiger partial charge in [0.2, 0.25) is 0 Å². The van der Waals surface area contributed by atoms with E-state index in [-0.39, 0.29) is 11.9 Å². The molecule has 0 amide bonds. The lowest BCUT2D eigenvalue weighted by atomic mass is 9.84. The lowest BCUT2D eigenvalue weighted by Gasteiger charge is -2.30. The van der Waals surface area contributed by atoms with Crippen LogP contribution in [-0.4, -0.2) is 6.04 Å². The molecule has 0 aliphatic heterocycles. The second kappa shape index (κ2) is 6.33. The molecule has 0 bridgehead atoms. The van der Waals surface area contributed by atoms with Crippen LogP contribution in [0.25, 0.3) is 0 Å². The van der Waals surface area contributed by atoms with Crippen molar-refractivity contribution in [1.82, 2.24) is 5.32 Å². The molecular formula is C16H24FN. The summed E-state index contributed by atoms with van der Waals surface area (Å²) in [6, 6.07) is 7.65. The molecule has 18 heavy (non-hydrogen) atoms. The van der Waals surface area contributed by atoms with Crippen molar-refractivity contribution in [3.8, 4) is 0 Å². The summed E-state index contributed by atoms with van der Waals surface area (Å²) in [4.78, 5) is 0. The Morgan fingerprint density at radius 3 is 2.56 bits per heavy atom. The number of hydrogen-bond acceptors (Lipinski definition) is 1. The van der Waals surface area contributed by atoms with Crippen LogP contribution in [-0.2, 0) is 0 Å². The maximum atomic E-state index is 13.2. The summed E-state index contributed by atoms with van der Waals surface area (Å²) >= 11 is 0. The SMILES string of the molecule is CC(N[C@H](C)c1cccc(F)c1)C1CCCCC1. The summed E-state index contributed by atoms with van der Waals surface area (Å²) in [7, 11) is 0. The van der Waals surface area contributed by atoms with Gasteiger partial charge in [0.15, 0.2) is 0 Å². The summed E-state index contributed by atoms with van der Waals surface area (Å²) in [5.41, 5.74) is 1.04. The van der Waals surface area contributed by atoms with E-state index >= 15 is 0 Å². The lowest BCUT2D eigenvalue weighted by molar-refractivity contribution is 0.268. The summed E-state index contributed by atoms with van der Waals surface area (Å²) < 4.78 is 13.2. The van der Waals surface area contributed by atoms with Gasteiger partial charge in [-0.15, -0.1) is 0 Å². The van der Waals surface area contributed by atoms with Crippen LogP contribution < -0.4 is 5.32 Å². The van der Waals surface area contributed by atoms with Crippen LogP contribution in [0.15, 0.2) is 24.3 Å². The van der Waals surface area contributed by atoms with Crippen molar-refractivity contribution in [3.05, 3.63) is 35.6 Å². The largest absolute Gasteiger partial charge is 0.307 e. The first-order valence-corrected chi connectivity index (χ1v) is 7.18. The Balaban J connectivity index is 1.91. The Morgan fingerprint density at radius 2 is 1.89 bits per heavy atom. The zero-order valence-corrected chi connectivity index (χ0v) is 11.5. The minimum atomic E-state index is -0.147. The Morgan fingerprint density at radius 1 is 1.17 bits per heavy atom. The molecule has 0 aromatic heterocycles. The van der Waals surface area contributed by atoms with Gasteiger partial charge in [-0.2, -0.15) is 0 Å². The number of rotatable bonds is 4. The third-order valence-electron chi connectivity index (χ3n) is 4.22. The molecule has 0 heterocycles. The third-order valence-corrected chi connectivity index (χ3v) is 4.22. The second-order valence-corrected chi connectivity index (χ2v) is 5.63. The number of halogens is 1. The van der Waals surface area contributed by atoms with E-state index in [2.05, 4.69) is 19.2 Å². The summed E-state index contributed by atoms with van der Waals surface area (Å²) in [6.07, 6.45) is 6.80. The van der Waals surface area contributed by atoms with Crippen LogP contribution in [0.1, 0.15) is 57.6 Å².